The maximum absolute atomic E-state index is 12.0. The van der Waals surface area contributed by atoms with Gasteiger partial charge in [-0.3, -0.25) is 9.29 Å². The van der Waals surface area contributed by atoms with Crippen molar-refractivity contribution in [1.82, 2.24) is 4.98 Å². The van der Waals surface area contributed by atoms with Gasteiger partial charge in [0.05, 0.1) is 36.9 Å². The molecule has 0 aliphatic carbocycles. The molecule has 0 unspecified atom stereocenters. The van der Waals surface area contributed by atoms with Gasteiger partial charge in [0.15, 0.2) is 0 Å². The van der Waals surface area contributed by atoms with Crippen molar-refractivity contribution >= 4 is 21.7 Å². The summed E-state index contributed by atoms with van der Waals surface area (Å²) in [6.07, 6.45) is 2.51. The molecule has 0 aliphatic heterocycles. The molecule has 0 bridgehead atoms. The number of benzene rings is 1. The molecule has 0 radical (unpaired) electrons. The molecule has 0 aliphatic rings. The van der Waals surface area contributed by atoms with E-state index >= 15 is 0 Å². The first-order valence-corrected chi connectivity index (χ1v) is 8.32. The fourth-order valence-electron chi connectivity index (χ4n) is 1.90. The van der Waals surface area contributed by atoms with Gasteiger partial charge in [-0.2, -0.15) is 0 Å². The summed E-state index contributed by atoms with van der Waals surface area (Å²) in [5, 5.41) is 0. The minimum absolute atomic E-state index is 0.0876. The van der Waals surface area contributed by atoms with E-state index in [-0.39, 0.29) is 6.54 Å². The van der Waals surface area contributed by atoms with Crippen LogP contribution in [-0.4, -0.2) is 32.7 Å². The van der Waals surface area contributed by atoms with Crippen LogP contribution in [0, 0.1) is 0 Å². The van der Waals surface area contributed by atoms with Gasteiger partial charge in [0.25, 0.3) is 0 Å². The van der Waals surface area contributed by atoms with Gasteiger partial charge in [-0.05, 0) is 24.3 Å². The SMILES string of the molecule is COC(=O)c1ccc(CN(c2ccccc2)S(C)(=O)=O)nc1. The minimum Gasteiger partial charge on any atom is -0.465 e. The highest BCUT2D eigenvalue weighted by molar-refractivity contribution is 7.92. The van der Waals surface area contributed by atoms with Crippen molar-refractivity contribution in [2.45, 2.75) is 6.54 Å². The number of rotatable bonds is 5. The Morgan fingerprint density at radius 3 is 2.36 bits per heavy atom. The molecule has 0 N–H and O–H groups in total. The first-order chi connectivity index (χ1) is 10.4. The summed E-state index contributed by atoms with van der Waals surface area (Å²) in [7, 11) is -2.16. The second-order valence-electron chi connectivity index (χ2n) is 4.63. The van der Waals surface area contributed by atoms with E-state index in [1.54, 1.807) is 36.4 Å². The zero-order valence-corrected chi connectivity index (χ0v) is 13.1. The number of sulfonamides is 1. The number of carbonyl (C=O) groups excluding carboxylic acids is 1. The molecular weight excluding hydrogens is 304 g/mol. The van der Waals surface area contributed by atoms with Gasteiger partial charge in [0, 0.05) is 6.20 Å². The van der Waals surface area contributed by atoms with Gasteiger partial charge in [0.2, 0.25) is 10.0 Å². The smallest absolute Gasteiger partial charge is 0.339 e. The van der Waals surface area contributed by atoms with Gasteiger partial charge < -0.3 is 4.74 Å². The lowest BCUT2D eigenvalue weighted by atomic mass is 10.2. The molecule has 7 heteroatoms. The number of nitrogens with zero attached hydrogens (tertiary/aromatic N) is 2. The van der Waals surface area contributed by atoms with E-state index in [1.165, 1.54) is 17.6 Å². The highest BCUT2D eigenvalue weighted by atomic mass is 32.2. The second kappa shape index (κ2) is 6.57. The van der Waals surface area contributed by atoms with Gasteiger partial charge in [0.1, 0.15) is 0 Å². The number of carbonyl (C=O) groups is 1. The van der Waals surface area contributed by atoms with Crippen LogP contribution in [-0.2, 0) is 21.3 Å². The molecule has 0 amide bonds. The number of ether oxygens (including phenoxy) is 1. The molecule has 0 atom stereocenters. The highest BCUT2D eigenvalue weighted by Crippen LogP contribution is 2.19. The molecule has 116 valence electrons. The molecule has 1 aromatic heterocycles. The molecule has 0 saturated carbocycles. The Labute approximate surface area is 129 Å². The quantitative estimate of drug-likeness (QED) is 0.786. The average Bonchev–Trinajstić information content (AvgIpc) is 2.52. The fraction of sp³-hybridized carbons (Fsp3) is 0.200. The molecule has 1 aromatic carbocycles. The van der Waals surface area contributed by atoms with Crippen molar-refractivity contribution in [2.24, 2.45) is 0 Å². The Kier molecular flexibility index (Phi) is 4.77. The van der Waals surface area contributed by atoms with Crippen LogP contribution in [0.2, 0.25) is 0 Å². The summed E-state index contributed by atoms with van der Waals surface area (Å²) in [5.41, 5.74) is 1.41. The molecule has 0 spiro atoms. The summed E-state index contributed by atoms with van der Waals surface area (Å²) in [6.45, 7) is 0.0876. The standard InChI is InChI=1S/C15H16N2O4S/c1-21-15(18)12-8-9-13(16-10-12)11-17(22(2,19)20)14-6-4-3-5-7-14/h3-10H,11H2,1-2H3. The van der Waals surface area contributed by atoms with E-state index in [0.717, 1.165) is 6.26 Å². The first kappa shape index (κ1) is 16.0. The molecule has 0 fully saturated rings. The summed E-state index contributed by atoms with van der Waals surface area (Å²) >= 11 is 0. The maximum Gasteiger partial charge on any atom is 0.339 e. The molecule has 2 rings (SSSR count). The summed E-state index contributed by atoms with van der Waals surface area (Å²) in [4.78, 5) is 15.5. The molecule has 6 nitrogen and oxygen atoms in total. The maximum atomic E-state index is 12.0. The number of aromatic nitrogens is 1. The van der Waals surface area contributed by atoms with E-state index in [1.807, 2.05) is 6.07 Å². The topological polar surface area (TPSA) is 76.6 Å². The summed E-state index contributed by atoms with van der Waals surface area (Å²) in [6, 6.07) is 11.9. The largest absolute Gasteiger partial charge is 0.465 e. The van der Waals surface area contributed by atoms with E-state index in [2.05, 4.69) is 9.72 Å². The predicted molar refractivity (Wildman–Crippen MR) is 83.0 cm³/mol. The van der Waals surface area contributed by atoms with Crippen molar-refractivity contribution in [1.29, 1.82) is 0 Å². The summed E-state index contributed by atoms with van der Waals surface area (Å²) < 4.78 is 29.8. The lowest BCUT2D eigenvalue weighted by Crippen LogP contribution is -2.29. The third-order valence-electron chi connectivity index (χ3n) is 3.00. The second-order valence-corrected chi connectivity index (χ2v) is 6.54. The van der Waals surface area contributed by atoms with Crippen molar-refractivity contribution in [3.05, 3.63) is 59.9 Å². The van der Waals surface area contributed by atoms with Gasteiger partial charge in [-0.25, -0.2) is 13.2 Å². The Hall–Kier alpha value is -2.41. The molecular formula is C15H16N2O4S. The highest BCUT2D eigenvalue weighted by Gasteiger charge is 2.18. The van der Waals surface area contributed by atoms with E-state index in [0.29, 0.717) is 16.9 Å². The van der Waals surface area contributed by atoms with E-state index in [4.69, 9.17) is 0 Å². The zero-order chi connectivity index (χ0) is 16.2. The molecule has 0 saturated heterocycles. The number of pyridine rings is 1. The van der Waals surface area contributed by atoms with Crippen LogP contribution in [0.1, 0.15) is 16.1 Å². The van der Waals surface area contributed by atoms with Crippen LogP contribution in [0.25, 0.3) is 0 Å². The molecule has 2 aromatic rings. The van der Waals surface area contributed by atoms with Gasteiger partial charge >= 0.3 is 5.97 Å². The average molecular weight is 320 g/mol. The number of esters is 1. The number of hydrogen-bond acceptors (Lipinski definition) is 5. The molecule has 22 heavy (non-hydrogen) atoms. The number of methoxy groups -OCH3 is 1. The predicted octanol–water partition coefficient (Wildman–Crippen LogP) is 1.83. The van der Waals surface area contributed by atoms with E-state index in [9.17, 15) is 13.2 Å². The van der Waals surface area contributed by atoms with Crippen LogP contribution in [0.15, 0.2) is 48.7 Å². The van der Waals surface area contributed by atoms with Crippen LogP contribution in [0.5, 0.6) is 0 Å². The Morgan fingerprint density at radius 2 is 1.86 bits per heavy atom. The lowest BCUT2D eigenvalue weighted by Gasteiger charge is -2.22. The van der Waals surface area contributed by atoms with Crippen molar-refractivity contribution in [2.75, 3.05) is 17.7 Å². The monoisotopic (exact) mass is 320 g/mol. The van der Waals surface area contributed by atoms with Crippen molar-refractivity contribution < 1.29 is 17.9 Å². The van der Waals surface area contributed by atoms with Crippen LogP contribution < -0.4 is 4.31 Å². The normalized spacial score (nSPS) is 11.0. The van der Waals surface area contributed by atoms with Crippen molar-refractivity contribution in [3.8, 4) is 0 Å². The van der Waals surface area contributed by atoms with Crippen LogP contribution in [0.4, 0.5) is 5.69 Å². The molecule has 1 heterocycles. The minimum atomic E-state index is -3.45. The van der Waals surface area contributed by atoms with Gasteiger partial charge in [-0.15, -0.1) is 0 Å². The van der Waals surface area contributed by atoms with Crippen LogP contribution >= 0.6 is 0 Å². The zero-order valence-electron chi connectivity index (χ0n) is 12.3. The van der Waals surface area contributed by atoms with Gasteiger partial charge in [-0.1, -0.05) is 18.2 Å². The Bertz CT molecular complexity index is 743. The number of para-hydroxylation sites is 1. The number of anilines is 1. The fourth-order valence-corrected chi connectivity index (χ4v) is 2.77. The van der Waals surface area contributed by atoms with Crippen molar-refractivity contribution in [3.63, 3.8) is 0 Å². The third kappa shape index (κ3) is 3.82. The van der Waals surface area contributed by atoms with E-state index < -0.39 is 16.0 Å². The summed E-state index contributed by atoms with van der Waals surface area (Å²) in [5.74, 6) is -0.484. The Balaban J connectivity index is 2.27. The first-order valence-electron chi connectivity index (χ1n) is 6.48. The lowest BCUT2D eigenvalue weighted by molar-refractivity contribution is 0.0600. The van der Waals surface area contributed by atoms with Crippen LogP contribution in [0.3, 0.4) is 0 Å². The number of hydrogen-bond donors (Lipinski definition) is 0. The third-order valence-corrected chi connectivity index (χ3v) is 4.14. The Morgan fingerprint density at radius 1 is 1.18 bits per heavy atom.